The molecule has 1 aliphatic heterocycles. The highest BCUT2D eigenvalue weighted by Crippen LogP contribution is 2.16. The van der Waals surface area contributed by atoms with E-state index in [1.807, 2.05) is 11.9 Å². The van der Waals surface area contributed by atoms with Crippen LogP contribution in [0.15, 0.2) is 0 Å². The lowest BCUT2D eigenvalue weighted by Gasteiger charge is -2.37. The molecule has 110 valence electrons. The van der Waals surface area contributed by atoms with Crippen LogP contribution in [0.4, 0.5) is 0 Å². The predicted octanol–water partition coefficient (Wildman–Crippen LogP) is 1.51. The van der Waals surface area contributed by atoms with Gasteiger partial charge in [0, 0.05) is 26.2 Å². The van der Waals surface area contributed by atoms with Gasteiger partial charge in [-0.25, -0.2) is 0 Å². The molecule has 0 aromatic heterocycles. The second-order valence-electron chi connectivity index (χ2n) is 4.81. The summed E-state index contributed by atoms with van der Waals surface area (Å²) in [6, 6.07) is 0.00489. The quantitative estimate of drug-likeness (QED) is 0.856. The van der Waals surface area contributed by atoms with Gasteiger partial charge in [0.05, 0.1) is 6.04 Å². The number of nitrogens with zero attached hydrogens (tertiary/aromatic N) is 2. The summed E-state index contributed by atoms with van der Waals surface area (Å²) >= 11 is 0. The summed E-state index contributed by atoms with van der Waals surface area (Å²) in [7, 11) is 1.88. The molecule has 6 heteroatoms. The first-order chi connectivity index (χ1) is 7.56. The molecule has 0 radical (unpaired) electrons. The van der Waals surface area contributed by atoms with Crippen molar-refractivity contribution < 1.29 is 4.79 Å². The molecular weight excluding hydrogens is 273 g/mol. The Bertz CT molecular complexity index is 231. The number of nitrogens with two attached hydrogens (primary N) is 1. The van der Waals surface area contributed by atoms with Gasteiger partial charge in [0.25, 0.3) is 0 Å². The summed E-state index contributed by atoms with van der Waals surface area (Å²) in [6.45, 7) is 7.35. The van der Waals surface area contributed by atoms with Crippen LogP contribution in [0.5, 0.6) is 0 Å². The Labute approximate surface area is 123 Å². The van der Waals surface area contributed by atoms with E-state index in [2.05, 4.69) is 11.8 Å². The van der Waals surface area contributed by atoms with Gasteiger partial charge in [-0.05, 0) is 32.7 Å². The highest BCUT2D eigenvalue weighted by Gasteiger charge is 2.26. The lowest BCUT2D eigenvalue weighted by molar-refractivity contribution is -0.133. The van der Waals surface area contributed by atoms with Crippen LogP contribution in [0.3, 0.4) is 0 Å². The van der Waals surface area contributed by atoms with Crippen molar-refractivity contribution in [3.63, 3.8) is 0 Å². The van der Waals surface area contributed by atoms with Gasteiger partial charge in [-0.1, -0.05) is 6.92 Å². The number of rotatable bonds is 4. The minimum atomic E-state index is -0.376. The van der Waals surface area contributed by atoms with E-state index in [0.29, 0.717) is 6.04 Å². The number of hydrogen-bond donors (Lipinski definition) is 1. The fourth-order valence-corrected chi connectivity index (χ4v) is 2.35. The molecule has 2 N–H and O–H groups in total. The number of carbonyl (C=O) groups excluding carboxylic acids is 1. The van der Waals surface area contributed by atoms with Crippen molar-refractivity contribution in [1.82, 2.24) is 9.80 Å². The fraction of sp³-hybridized carbons (Fsp3) is 0.917. The standard InChI is InChI=1S/C12H25N3O.2ClH/c1-4-7-15-8-5-11(6-9-15)14(3)12(16)10(2)13;;/h10-11H,4-9,13H2,1-3H3;2*1H/t10-;;/m1../s1. The van der Waals surface area contributed by atoms with E-state index in [-0.39, 0.29) is 36.8 Å². The number of hydrogen-bond acceptors (Lipinski definition) is 3. The van der Waals surface area contributed by atoms with Gasteiger partial charge < -0.3 is 15.5 Å². The first kappa shape index (κ1) is 20.3. The van der Waals surface area contributed by atoms with Crippen molar-refractivity contribution >= 4 is 30.7 Å². The van der Waals surface area contributed by atoms with Crippen LogP contribution in [0.1, 0.15) is 33.1 Å². The molecule has 18 heavy (non-hydrogen) atoms. The van der Waals surface area contributed by atoms with Crippen LogP contribution in [0.25, 0.3) is 0 Å². The van der Waals surface area contributed by atoms with E-state index in [1.165, 1.54) is 13.0 Å². The van der Waals surface area contributed by atoms with Crippen molar-refractivity contribution in [2.24, 2.45) is 5.73 Å². The number of halogens is 2. The number of likely N-dealkylation sites (tertiary alicyclic amines) is 1. The molecule has 1 saturated heterocycles. The molecule has 0 spiro atoms. The van der Waals surface area contributed by atoms with Crippen LogP contribution >= 0.6 is 24.8 Å². The van der Waals surface area contributed by atoms with E-state index in [9.17, 15) is 4.79 Å². The maximum Gasteiger partial charge on any atom is 0.239 e. The van der Waals surface area contributed by atoms with Crippen LogP contribution < -0.4 is 5.73 Å². The third-order valence-corrected chi connectivity index (χ3v) is 3.38. The van der Waals surface area contributed by atoms with Crippen LogP contribution in [0, 0.1) is 0 Å². The molecular formula is C12H27Cl2N3O. The normalized spacial score (nSPS) is 18.4. The van der Waals surface area contributed by atoms with Gasteiger partial charge in [0.2, 0.25) is 5.91 Å². The molecule has 1 atom stereocenters. The zero-order valence-electron chi connectivity index (χ0n) is 11.6. The maximum absolute atomic E-state index is 11.7. The monoisotopic (exact) mass is 299 g/mol. The topological polar surface area (TPSA) is 49.6 Å². The van der Waals surface area contributed by atoms with Crippen molar-refractivity contribution in [2.75, 3.05) is 26.7 Å². The van der Waals surface area contributed by atoms with Gasteiger partial charge in [0.1, 0.15) is 0 Å². The third-order valence-electron chi connectivity index (χ3n) is 3.38. The Kier molecular flexibility index (Phi) is 11.1. The van der Waals surface area contributed by atoms with E-state index in [0.717, 1.165) is 25.9 Å². The Morgan fingerprint density at radius 3 is 2.28 bits per heavy atom. The Balaban J connectivity index is 0. The van der Waals surface area contributed by atoms with E-state index < -0.39 is 0 Å². The second kappa shape index (κ2) is 9.84. The number of likely N-dealkylation sites (N-methyl/N-ethyl adjacent to an activating group) is 1. The van der Waals surface area contributed by atoms with Crippen molar-refractivity contribution in [3.8, 4) is 0 Å². The zero-order chi connectivity index (χ0) is 12.1. The summed E-state index contributed by atoms with van der Waals surface area (Å²) in [5, 5.41) is 0. The molecule has 1 amide bonds. The third kappa shape index (κ3) is 5.74. The first-order valence-corrected chi connectivity index (χ1v) is 6.30. The van der Waals surface area contributed by atoms with Gasteiger partial charge in [-0.3, -0.25) is 4.79 Å². The Hall–Kier alpha value is -0.0300. The summed E-state index contributed by atoms with van der Waals surface area (Å²) in [6.07, 6.45) is 3.36. The lowest BCUT2D eigenvalue weighted by Crippen LogP contribution is -2.49. The Morgan fingerprint density at radius 1 is 1.39 bits per heavy atom. The molecule has 1 aliphatic rings. The summed E-state index contributed by atoms with van der Waals surface area (Å²) in [5.74, 6) is 0.0638. The van der Waals surface area contributed by atoms with Crippen LogP contribution in [-0.4, -0.2) is 54.5 Å². The first-order valence-electron chi connectivity index (χ1n) is 6.30. The second-order valence-corrected chi connectivity index (χ2v) is 4.81. The SMILES string of the molecule is CCCN1CCC(N(C)C(=O)[C@@H](C)N)CC1.Cl.Cl. The highest BCUT2D eigenvalue weighted by molar-refractivity contribution is 5.85. The lowest BCUT2D eigenvalue weighted by atomic mass is 10.0. The van der Waals surface area contributed by atoms with E-state index in [1.54, 1.807) is 6.92 Å². The number of piperidine rings is 1. The molecule has 0 unspecified atom stereocenters. The molecule has 0 aliphatic carbocycles. The van der Waals surface area contributed by atoms with Crippen LogP contribution in [0.2, 0.25) is 0 Å². The summed E-state index contributed by atoms with van der Waals surface area (Å²) < 4.78 is 0. The molecule has 0 aromatic carbocycles. The van der Waals surface area contributed by atoms with Gasteiger partial charge in [-0.2, -0.15) is 0 Å². The van der Waals surface area contributed by atoms with Crippen LogP contribution in [-0.2, 0) is 4.79 Å². The molecule has 1 rings (SSSR count). The molecule has 1 heterocycles. The molecule has 4 nitrogen and oxygen atoms in total. The van der Waals surface area contributed by atoms with Gasteiger partial charge >= 0.3 is 0 Å². The minimum absolute atomic E-state index is 0. The average molecular weight is 300 g/mol. The zero-order valence-corrected chi connectivity index (χ0v) is 13.2. The molecule has 1 fully saturated rings. The maximum atomic E-state index is 11.7. The van der Waals surface area contributed by atoms with Crippen molar-refractivity contribution in [2.45, 2.75) is 45.2 Å². The average Bonchev–Trinajstić information content (AvgIpc) is 2.28. The Morgan fingerprint density at radius 2 is 1.89 bits per heavy atom. The van der Waals surface area contributed by atoms with Gasteiger partial charge in [-0.15, -0.1) is 24.8 Å². The van der Waals surface area contributed by atoms with E-state index >= 15 is 0 Å². The summed E-state index contributed by atoms with van der Waals surface area (Å²) in [5.41, 5.74) is 5.62. The van der Waals surface area contributed by atoms with Gasteiger partial charge in [0.15, 0.2) is 0 Å². The predicted molar refractivity (Wildman–Crippen MR) is 80.7 cm³/mol. The van der Waals surface area contributed by atoms with Crippen molar-refractivity contribution in [1.29, 1.82) is 0 Å². The number of amides is 1. The van der Waals surface area contributed by atoms with Crippen molar-refractivity contribution in [3.05, 3.63) is 0 Å². The molecule has 0 aromatic rings. The largest absolute Gasteiger partial charge is 0.341 e. The molecule has 0 saturated carbocycles. The smallest absolute Gasteiger partial charge is 0.239 e. The fourth-order valence-electron chi connectivity index (χ4n) is 2.35. The minimum Gasteiger partial charge on any atom is -0.341 e. The molecule has 0 bridgehead atoms. The number of carbonyl (C=O) groups is 1. The summed E-state index contributed by atoms with van der Waals surface area (Å²) in [4.78, 5) is 16.1. The highest BCUT2D eigenvalue weighted by atomic mass is 35.5. The van der Waals surface area contributed by atoms with E-state index in [4.69, 9.17) is 5.73 Å².